The van der Waals surface area contributed by atoms with E-state index in [4.69, 9.17) is 0 Å². The largest absolute Gasteiger partial charge is 0.355 e. The number of amides is 3. The number of nitrogens with one attached hydrogen (secondary N) is 3. The van der Waals surface area contributed by atoms with Crippen LogP contribution in [0.3, 0.4) is 0 Å². The predicted octanol–water partition coefficient (Wildman–Crippen LogP) is 3.11. The van der Waals surface area contributed by atoms with Crippen LogP contribution in [0.1, 0.15) is 31.1 Å². The van der Waals surface area contributed by atoms with Crippen LogP contribution >= 0.6 is 0 Å². The van der Waals surface area contributed by atoms with Crippen LogP contribution in [-0.2, 0) is 9.59 Å². The molecule has 0 aliphatic carbocycles. The normalized spacial score (nSPS) is 13.4. The fourth-order valence-electron chi connectivity index (χ4n) is 3.75. The highest BCUT2D eigenvalue weighted by atomic mass is 16.2. The summed E-state index contributed by atoms with van der Waals surface area (Å²) < 4.78 is 0. The predicted molar refractivity (Wildman–Crippen MR) is 143 cm³/mol. The minimum absolute atomic E-state index is 0.0400. The Labute approximate surface area is 216 Å². The second kappa shape index (κ2) is 11.2. The number of benzene rings is 2. The highest BCUT2D eigenvalue weighted by molar-refractivity contribution is 5.97. The van der Waals surface area contributed by atoms with Crippen molar-refractivity contribution in [2.75, 3.05) is 36.4 Å². The lowest BCUT2D eigenvalue weighted by molar-refractivity contribution is -0.125. The van der Waals surface area contributed by atoms with Gasteiger partial charge in [-0.05, 0) is 24.3 Å². The molecule has 3 aromatic rings. The Kier molecular flexibility index (Phi) is 7.81. The monoisotopic (exact) mass is 500 g/mol. The average Bonchev–Trinajstić information content (AvgIpc) is 2.86. The number of anilines is 2. The van der Waals surface area contributed by atoms with Crippen LogP contribution in [0.5, 0.6) is 0 Å². The smallest absolute Gasteiger partial charge is 0.251 e. The topological polar surface area (TPSA) is 116 Å². The van der Waals surface area contributed by atoms with E-state index in [1.54, 1.807) is 30.6 Å². The SMILES string of the molecule is CC(C)(C)C(=O)Nc1ccc(C(=O)NCCNC(=O)C2CN(c3cc(-c4ccccc4)ncn3)C2)cc1. The summed E-state index contributed by atoms with van der Waals surface area (Å²) in [7, 11) is 0. The molecule has 3 N–H and O–H groups in total. The van der Waals surface area contributed by atoms with Gasteiger partial charge in [0.05, 0.1) is 11.6 Å². The first-order valence-corrected chi connectivity index (χ1v) is 12.3. The maximum absolute atomic E-state index is 12.5. The molecular weight excluding hydrogens is 468 g/mol. The molecule has 3 amide bonds. The van der Waals surface area contributed by atoms with Crippen molar-refractivity contribution >= 4 is 29.2 Å². The van der Waals surface area contributed by atoms with Crippen molar-refractivity contribution in [3.05, 3.63) is 72.6 Å². The fourth-order valence-corrected chi connectivity index (χ4v) is 3.75. The lowest BCUT2D eigenvalue weighted by Crippen LogP contribution is -2.54. The van der Waals surface area contributed by atoms with Crippen molar-refractivity contribution in [3.8, 4) is 11.3 Å². The first-order valence-electron chi connectivity index (χ1n) is 12.3. The van der Waals surface area contributed by atoms with Crippen LogP contribution in [0.15, 0.2) is 67.0 Å². The van der Waals surface area contributed by atoms with E-state index in [9.17, 15) is 14.4 Å². The summed E-state index contributed by atoms with van der Waals surface area (Å²) in [5.41, 5.74) is 2.48. The molecule has 1 aliphatic heterocycles. The van der Waals surface area contributed by atoms with Gasteiger partial charge in [-0.15, -0.1) is 0 Å². The Morgan fingerprint density at radius 2 is 1.59 bits per heavy atom. The molecule has 1 fully saturated rings. The van der Waals surface area contributed by atoms with Crippen molar-refractivity contribution in [1.29, 1.82) is 0 Å². The van der Waals surface area contributed by atoms with Gasteiger partial charge in [-0.3, -0.25) is 14.4 Å². The lowest BCUT2D eigenvalue weighted by atomic mass is 9.95. The molecule has 1 saturated heterocycles. The molecule has 0 spiro atoms. The molecule has 0 saturated carbocycles. The van der Waals surface area contributed by atoms with E-state index in [0.29, 0.717) is 37.4 Å². The summed E-state index contributed by atoms with van der Waals surface area (Å²) in [6, 6.07) is 18.5. The molecule has 37 heavy (non-hydrogen) atoms. The minimum Gasteiger partial charge on any atom is -0.355 e. The van der Waals surface area contributed by atoms with E-state index in [-0.39, 0.29) is 23.6 Å². The Balaban J connectivity index is 1.17. The second-order valence-corrected chi connectivity index (χ2v) is 10.1. The van der Waals surface area contributed by atoms with E-state index in [1.165, 1.54) is 0 Å². The van der Waals surface area contributed by atoms with E-state index < -0.39 is 5.41 Å². The van der Waals surface area contributed by atoms with Crippen LogP contribution in [-0.4, -0.2) is 53.9 Å². The zero-order valence-corrected chi connectivity index (χ0v) is 21.3. The van der Waals surface area contributed by atoms with Crippen molar-refractivity contribution < 1.29 is 14.4 Å². The highest BCUT2D eigenvalue weighted by Gasteiger charge is 2.33. The summed E-state index contributed by atoms with van der Waals surface area (Å²) in [5, 5.41) is 8.52. The van der Waals surface area contributed by atoms with Gasteiger partial charge in [-0.1, -0.05) is 51.1 Å². The van der Waals surface area contributed by atoms with E-state index in [1.807, 2.05) is 62.1 Å². The Morgan fingerprint density at radius 3 is 2.27 bits per heavy atom. The molecule has 192 valence electrons. The number of nitrogens with zero attached hydrogens (tertiary/aromatic N) is 3. The van der Waals surface area contributed by atoms with Crippen LogP contribution < -0.4 is 20.9 Å². The Morgan fingerprint density at radius 1 is 0.919 bits per heavy atom. The number of hydrogen-bond acceptors (Lipinski definition) is 6. The first-order chi connectivity index (χ1) is 17.7. The maximum atomic E-state index is 12.5. The third-order valence-corrected chi connectivity index (χ3v) is 6.09. The molecule has 0 bridgehead atoms. The molecule has 1 aromatic heterocycles. The van der Waals surface area contributed by atoms with Gasteiger partial charge in [0.15, 0.2) is 0 Å². The van der Waals surface area contributed by atoms with Crippen LogP contribution in [0.4, 0.5) is 11.5 Å². The van der Waals surface area contributed by atoms with Crippen molar-refractivity contribution in [3.63, 3.8) is 0 Å². The Bertz CT molecular complexity index is 1250. The van der Waals surface area contributed by atoms with Gasteiger partial charge in [-0.2, -0.15) is 0 Å². The first kappa shape index (κ1) is 25.8. The van der Waals surface area contributed by atoms with Gasteiger partial charge in [0.25, 0.3) is 5.91 Å². The Hall–Kier alpha value is -4.27. The van der Waals surface area contributed by atoms with Gasteiger partial charge in [0, 0.05) is 54.5 Å². The lowest BCUT2D eigenvalue weighted by Gasteiger charge is -2.39. The number of rotatable bonds is 8. The highest BCUT2D eigenvalue weighted by Crippen LogP contribution is 2.26. The number of hydrogen-bond donors (Lipinski definition) is 3. The molecule has 0 radical (unpaired) electrons. The standard InChI is InChI=1S/C28H32N6O3/c1-28(2,3)27(37)33-22-11-9-20(10-12-22)25(35)29-13-14-30-26(36)21-16-34(17-21)24-15-23(31-18-32-24)19-7-5-4-6-8-19/h4-12,15,18,21H,13-14,16-17H2,1-3H3,(H,29,35)(H,30,36)(H,33,37). The number of carbonyl (C=O) groups excluding carboxylic acids is 3. The molecule has 2 heterocycles. The molecular formula is C28H32N6O3. The van der Waals surface area contributed by atoms with Gasteiger partial charge < -0.3 is 20.9 Å². The second-order valence-electron chi connectivity index (χ2n) is 10.1. The van der Waals surface area contributed by atoms with Crippen molar-refractivity contribution in [2.24, 2.45) is 11.3 Å². The molecule has 0 unspecified atom stereocenters. The zero-order chi connectivity index (χ0) is 26.4. The molecule has 1 aliphatic rings. The van der Waals surface area contributed by atoms with Gasteiger partial charge in [-0.25, -0.2) is 9.97 Å². The van der Waals surface area contributed by atoms with Gasteiger partial charge >= 0.3 is 0 Å². The van der Waals surface area contributed by atoms with Crippen LogP contribution in [0.2, 0.25) is 0 Å². The average molecular weight is 501 g/mol. The molecule has 2 aromatic carbocycles. The van der Waals surface area contributed by atoms with Crippen molar-refractivity contribution in [1.82, 2.24) is 20.6 Å². The van der Waals surface area contributed by atoms with Gasteiger partial charge in [0.2, 0.25) is 11.8 Å². The van der Waals surface area contributed by atoms with E-state index in [0.717, 1.165) is 17.1 Å². The number of aromatic nitrogens is 2. The molecule has 9 nitrogen and oxygen atoms in total. The van der Waals surface area contributed by atoms with Crippen LogP contribution in [0.25, 0.3) is 11.3 Å². The summed E-state index contributed by atoms with van der Waals surface area (Å²) in [6.07, 6.45) is 1.54. The quantitative estimate of drug-likeness (QED) is 0.409. The minimum atomic E-state index is -0.500. The maximum Gasteiger partial charge on any atom is 0.251 e. The number of carbonyl (C=O) groups is 3. The zero-order valence-electron chi connectivity index (χ0n) is 21.3. The molecule has 9 heteroatoms. The van der Waals surface area contributed by atoms with E-state index in [2.05, 4.69) is 25.9 Å². The van der Waals surface area contributed by atoms with Gasteiger partial charge in [0.1, 0.15) is 12.1 Å². The summed E-state index contributed by atoms with van der Waals surface area (Å²) in [5.74, 6) is 0.303. The van der Waals surface area contributed by atoms with E-state index >= 15 is 0 Å². The fraction of sp³-hybridized carbons (Fsp3) is 0.321. The van der Waals surface area contributed by atoms with Crippen LogP contribution in [0, 0.1) is 11.3 Å². The molecule has 0 atom stereocenters. The summed E-state index contributed by atoms with van der Waals surface area (Å²) in [4.78, 5) is 47.7. The third-order valence-electron chi connectivity index (χ3n) is 6.09. The molecule has 4 rings (SSSR count). The summed E-state index contributed by atoms with van der Waals surface area (Å²) >= 11 is 0. The third kappa shape index (κ3) is 6.69. The van der Waals surface area contributed by atoms with Crippen molar-refractivity contribution in [2.45, 2.75) is 20.8 Å². The summed E-state index contributed by atoms with van der Waals surface area (Å²) in [6.45, 7) is 7.34.